The number of nitrogens with one attached hydrogen (secondary N) is 1. The van der Waals surface area contributed by atoms with E-state index in [4.69, 9.17) is 14.2 Å². The molecule has 1 fully saturated rings. The molecule has 10 heteroatoms. The molecule has 214 valence electrons. The Hall–Kier alpha value is -2.83. The van der Waals surface area contributed by atoms with Crippen LogP contribution in [0.1, 0.15) is 44.1 Å². The Morgan fingerprint density at radius 2 is 1.88 bits per heavy atom. The highest BCUT2D eigenvalue weighted by atomic mass is 127. The van der Waals surface area contributed by atoms with Crippen molar-refractivity contribution < 1.29 is 34.0 Å². The molecule has 0 saturated heterocycles. The molecule has 0 aromatic heterocycles. The predicted octanol–water partition coefficient (Wildman–Crippen LogP) is 3.54. The van der Waals surface area contributed by atoms with Gasteiger partial charge in [-0.3, -0.25) is 9.59 Å². The fourth-order valence-corrected chi connectivity index (χ4v) is 6.19. The standard InChI is InChI=1S/C30H35IN2O7/c31-22-7-3-4-8-24(22)40-27-16-21(30(37)32-11-12-34)15-23(29(27)36)33(28(35)14-19-5-1-2-6-19)17-20-9-10-25-26(13-20)39-18-38-25/h3-4,7-10,13,16,19,23,27,29,34,36H,1-2,5-6,11-12,14-15,17-18H2,(H,32,37)/t23-,27+,29+/m1/s1. The van der Waals surface area contributed by atoms with Crippen LogP contribution >= 0.6 is 22.6 Å². The number of rotatable bonds is 10. The Kier molecular flexibility index (Phi) is 9.48. The second-order valence-electron chi connectivity index (χ2n) is 10.5. The van der Waals surface area contributed by atoms with Gasteiger partial charge in [0.25, 0.3) is 0 Å². The highest BCUT2D eigenvalue weighted by Gasteiger charge is 2.41. The number of carbonyl (C=O) groups is 2. The average Bonchev–Trinajstić information content (AvgIpc) is 3.64. The van der Waals surface area contributed by atoms with Crippen LogP contribution in [0.25, 0.3) is 0 Å². The first-order valence-corrected chi connectivity index (χ1v) is 14.9. The molecule has 40 heavy (non-hydrogen) atoms. The average molecular weight is 663 g/mol. The maximum Gasteiger partial charge on any atom is 0.247 e. The first-order chi connectivity index (χ1) is 19.4. The zero-order valence-corrected chi connectivity index (χ0v) is 24.4. The van der Waals surface area contributed by atoms with Crippen molar-refractivity contribution in [2.75, 3.05) is 19.9 Å². The molecule has 3 N–H and O–H groups in total. The van der Waals surface area contributed by atoms with Crippen LogP contribution in [0.4, 0.5) is 0 Å². The predicted molar refractivity (Wildman–Crippen MR) is 156 cm³/mol. The van der Waals surface area contributed by atoms with E-state index in [0.29, 0.717) is 35.2 Å². The summed E-state index contributed by atoms with van der Waals surface area (Å²) in [4.78, 5) is 28.7. The summed E-state index contributed by atoms with van der Waals surface area (Å²) in [6.07, 6.45) is 4.53. The number of aliphatic hydroxyl groups is 2. The van der Waals surface area contributed by atoms with Gasteiger partial charge in [0, 0.05) is 31.5 Å². The van der Waals surface area contributed by atoms with Crippen molar-refractivity contribution in [2.45, 2.75) is 63.3 Å². The molecule has 1 aliphatic heterocycles. The minimum absolute atomic E-state index is 0.0568. The SMILES string of the molecule is O=C(NCCO)C1=C[C@H](Oc2ccccc2I)[C@@H](O)[C@H](N(Cc2ccc3c(c2)OCO3)C(=O)CC2CCCC2)C1. The van der Waals surface area contributed by atoms with Crippen LogP contribution < -0.4 is 19.5 Å². The molecule has 0 unspecified atom stereocenters. The molecule has 3 aliphatic rings. The molecule has 2 amide bonds. The van der Waals surface area contributed by atoms with Crippen LogP contribution in [0.3, 0.4) is 0 Å². The fourth-order valence-electron chi connectivity index (χ4n) is 5.67. The first kappa shape index (κ1) is 28.7. The second kappa shape index (κ2) is 13.2. The topological polar surface area (TPSA) is 118 Å². The molecule has 2 aromatic carbocycles. The van der Waals surface area contributed by atoms with E-state index >= 15 is 0 Å². The van der Waals surface area contributed by atoms with Gasteiger partial charge in [0.05, 0.1) is 16.2 Å². The lowest BCUT2D eigenvalue weighted by Gasteiger charge is -2.41. The lowest BCUT2D eigenvalue weighted by atomic mass is 9.87. The van der Waals surface area contributed by atoms with E-state index in [9.17, 15) is 19.8 Å². The maximum atomic E-state index is 13.9. The van der Waals surface area contributed by atoms with Crippen molar-refractivity contribution in [1.29, 1.82) is 0 Å². The third-order valence-corrected chi connectivity index (χ3v) is 8.65. The van der Waals surface area contributed by atoms with Crippen molar-refractivity contribution in [1.82, 2.24) is 10.2 Å². The van der Waals surface area contributed by atoms with E-state index in [1.165, 1.54) is 0 Å². The number of para-hydroxylation sites is 1. The van der Waals surface area contributed by atoms with Gasteiger partial charge < -0.3 is 34.6 Å². The molecule has 1 saturated carbocycles. The summed E-state index contributed by atoms with van der Waals surface area (Å²) in [5, 5.41) is 23.6. The van der Waals surface area contributed by atoms with Crippen LogP contribution in [-0.2, 0) is 16.1 Å². The molecule has 9 nitrogen and oxygen atoms in total. The van der Waals surface area contributed by atoms with Gasteiger partial charge in [-0.1, -0.05) is 31.0 Å². The Morgan fingerprint density at radius 1 is 1.10 bits per heavy atom. The molecule has 0 spiro atoms. The van der Waals surface area contributed by atoms with Gasteiger partial charge in [-0.15, -0.1) is 0 Å². The molecular weight excluding hydrogens is 627 g/mol. The number of benzene rings is 2. The van der Waals surface area contributed by atoms with Gasteiger partial charge in [0.2, 0.25) is 18.6 Å². The summed E-state index contributed by atoms with van der Waals surface area (Å²) in [6, 6.07) is 12.3. The zero-order valence-electron chi connectivity index (χ0n) is 22.3. The monoisotopic (exact) mass is 662 g/mol. The van der Waals surface area contributed by atoms with E-state index in [0.717, 1.165) is 34.8 Å². The number of fused-ring (bicyclic) bond motifs is 1. The summed E-state index contributed by atoms with van der Waals surface area (Å²) >= 11 is 2.17. The number of hydrogen-bond acceptors (Lipinski definition) is 7. The summed E-state index contributed by atoms with van der Waals surface area (Å²) in [5.41, 5.74) is 1.25. The first-order valence-electron chi connectivity index (χ1n) is 13.8. The molecule has 5 rings (SSSR count). The van der Waals surface area contributed by atoms with Gasteiger partial charge in [0.15, 0.2) is 11.5 Å². The van der Waals surface area contributed by atoms with E-state index in [-0.39, 0.29) is 44.7 Å². The minimum Gasteiger partial charge on any atom is -0.482 e. The van der Waals surface area contributed by atoms with Crippen molar-refractivity contribution >= 4 is 34.4 Å². The number of hydrogen-bond donors (Lipinski definition) is 3. The molecule has 3 atom stereocenters. The van der Waals surface area contributed by atoms with Crippen LogP contribution in [0.2, 0.25) is 0 Å². The molecule has 0 radical (unpaired) electrons. The van der Waals surface area contributed by atoms with Crippen LogP contribution in [0, 0.1) is 9.49 Å². The second-order valence-corrected chi connectivity index (χ2v) is 11.7. The lowest BCUT2D eigenvalue weighted by molar-refractivity contribution is -0.140. The molecule has 0 bridgehead atoms. The van der Waals surface area contributed by atoms with Gasteiger partial charge in [-0.05, 0) is 77.3 Å². The summed E-state index contributed by atoms with van der Waals surface area (Å²) in [6.45, 7) is 0.306. The Labute approximate surface area is 247 Å². The van der Waals surface area contributed by atoms with Gasteiger partial charge in [0.1, 0.15) is 18.0 Å². The highest BCUT2D eigenvalue weighted by Crippen LogP contribution is 2.36. The minimum atomic E-state index is -1.08. The van der Waals surface area contributed by atoms with Crippen molar-refractivity contribution in [2.24, 2.45) is 5.92 Å². The number of ether oxygens (including phenoxy) is 3. The smallest absolute Gasteiger partial charge is 0.247 e. The number of carbonyl (C=O) groups excluding carboxylic acids is 2. The zero-order chi connectivity index (χ0) is 28.1. The fraction of sp³-hybridized carbons (Fsp3) is 0.467. The Balaban J connectivity index is 1.46. The third-order valence-electron chi connectivity index (χ3n) is 7.76. The van der Waals surface area contributed by atoms with Gasteiger partial charge in [-0.25, -0.2) is 0 Å². The number of nitrogens with zero attached hydrogens (tertiary/aromatic N) is 1. The van der Waals surface area contributed by atoms with Crippen LogP contribution in [0.5, 0.6) is 17.2 Å². The summed E-state index contributed by atoms with van der Waals surface area (Å²) in [5.74, 6) is 1.76. The van der Waals surface area contributed by atoms with Crippen LogP contribution in [0.15, 0.2) is 54.1 Å². The summed E-state index contributed by atoms with van der Waals surface area (Å²) in [7, 11) is 0. The molecular formula is C30H35IN2O7. The number of amides is 2. The van der Waals surface area contributed by atoms with Crippen molar-refractivity contribution in [3.8, 4) is 17.2 Å². The molecule has 2 aliphatic carbocycles. The summed E-state index contributed by atoms with van der Waals surface area (Å²) < 4.78 is 18.1. The normalized spacial score (nSPS) is 22.1. The van der Waals surface area contributed by atoms with Crippen molar-refractivity contribution in [3.05, 3.63) is 63.2 Å². The highest BCUT2D eigenvalue weighted by molar-refractivity contribution is 14.1. The quantitative estimate of drug-likeness (QED) is 0.334. The third kappa shape index (κ3) is 6.72. The van der Waals surface area contributed by atoms with E-state index in [1.807, 2.05) is 42.5 Å². The van der Waals surface area contributed by atoms with E-state index in [2.05, 4.69) is 27.9 Å². The van der Waals surface area contributed by atoms with Crippen molar-refractivity contribution in [3.63, 3.8) is 0 Å². The Morgan fingerprint density at radius 3 is 2.65 bits per heavy atom. The number of aliphatic hydroxyl groups excluding tert-OH is 2. The van der Waals surface area contributed by atoms with E-state index < -0.39 is 18.2 Å². The molecule has 2 aromatic rings. The van der Waals surface area contributed by atoms with Gasteiger partial charge in [-0.2, -0.15) is 0 Å². The number of halogens is 1. The van der Waals surface area contributed by atoms with E-state index in [1.54, 1.807) is 11.0 Å². The molecule has 1 heterocycles. The maximum absolute atomic E-state index is 13.9. The Bertz CT molecular complexity index is 1250. The lowest BCUT2D eigenvalue weighted by Crippen LogP contribution is -2.55. The van der Waals surface area contributed by atoms with Gasteiger partial charge >= 0.3 is 0 Å². The largest absolute Gasteiger partial charge is 0.482 e. The van der Waals surface area contributed by atoms with Crippen LogP contribution in [-0.4, -0.2) is 65.1 Å².